The summed E-state index contributed by atoms with van der Waals surface area (Å²) in [7, 11) is 0. The molecule has 2 rings (SSSR count). The maximum Gasteiger partial charge on any atom is 0.120 e. The predicted molar refractivity (Wildman–Crippen MR) is 75.6 cm³/mol. The standard InChI is InChI=1S/C17H16O/c1-4-14-8-10-15(11-9-14)16-6-5-7-17(12-16)18-13(2)3/h1,5-13H,2-3H3. The second-order valence-corrected chi connectivity index (χ2v) is 4.42. The first-order chi connectivity index (χ1) is 8.69. The van der Waals surface area contributed by atoms with Crippen LogP contribution in [-0.4, -0.2) is 6.10 Å². The number of hydrogen-bond donors (Lipinski definition) is 0. The van der Waals surface area contributed by atoms with Crippen LogP contribution in [-0.2, 0) is 0 Å². The smallest absolute Gasteiger partial charge is 0.120 e. The molecule has 0 aliphatic carbocycles. The van der Waals surface area contributed by atoms with Gasteiger partial charge < -0.3 is 4.74 Å². The fraction of sp³-hybridized carbons (Fsp3) is 0.176. The molecule has 18 heavy (non-hydrogen) atoms. The van der Waals surface area contributed by atoms with Crippen molar-refractivity contribution in [3.05, 3.63) is 54.1 Å². The second-order valence-electron chi connectivity index (χ2n) is 4.42. The van der Waals surface area contributed by atoms with Crippen molar-refractivity contribution in [3.8, 4) is 29.2 Å². The van der Waals surface area contributed by atoms with Crippen molar-refractivity contribution in [1.29, 1.82) is 0 Å². The van der Waals surface area contributed by atoms with Crippen molar-refractivity contribution >= 4 is 0 Å². The molecule has 0 atom stereocenters. The van der Waals surface area contributed by atoms with Gasteiger partial charge in [-0.15, -0.1) is 6.42 Å². The van der Waals surface area contributed by atoms with Crippen LogP contribution in [0.1, 0.15) is 19.4 Å². The van der Waals surface area contributed by atoms with Crippen LogP contribution in [0.4, 0.5) is 0 Å². The number of terminal acetylenes is 1. The van der Waals surface area contributed by atoms with Crippen LogP contribution in [0.3, 0.4) is 0 Å². The van der Waals surface area contributed by atoms with Gasteiger partial charge in [0.25, 0.3) is 0 Å². The summed E-state index contributed by atoms with van der Waals surface area (Å²) in [5.74, 6) is 3.51. The van der Waals surface area contributed by atoms with Gasteiger partial charge in [-0.2, -0.15) is 0 Å². The largest absolute Gasteiger partial charge is 0.491 e. The van der Waals surface area contributed by atoms with E-state index in [0.717, 1.165) is 22.4 Å². The van der Waals surface area contributed by atoms with Gasteiger partial charge in [-0.1, -0.05) is 30.2 Å². The summed E-state index contributed by atoms with van der Waals surface area (Å²) >= 11 is 0. The van der Waals surface area contributed by atoms with Crippen molar-refractivity contribution in [2.75, 3.05) is 0 Å². The molecule has 1 nitrogen and oxygen atoms in total. The molecule has 1 heteroatoms. The van der Waals surface area contributed by atoms with E-state index in [1.54, 1.807) is 0 Å². The number of rotatable bonds is 3. The highest BCUT2D eigenvalue weighted by Crippen LogP contribution is 2.24. The number of benzene rings is 2. The molecular weight excluding hydrogens is 220 g/mol. The second kappa shape index (κ2) is 5.42. The Balaban J connectivity index is 2.29. The van der Waals surface area contributed by atoms with E-state index in [9.17, 15) is 0 Å². The summed E-state index contributed by atoms with van der Waals surface area (Å²) in [6.45, 7) is 4.04. The maximum atomic E-state index is 5.69. The molecule has 0 radical (unpaired) electrons. The SMILES string of the molecule is C#Cc1ccc(-c2cccc(OC(C)C)c2)cc1. The maximum absolute atomic E-state index is 5.69. The normalized spacial score (nSPS) is 10.1. The third kappa shape index (κ3) is 2.93. The van der Waals surface area contributed by atoms with Gasteiger partial charge in [-0.25, -0.2) is 0 Å². The first-order valence-corrected chi connectivity index (χ1v) is 6.03. The van der Waals surface area contributed by atoms with Gasteiger partial charge in [-0.3, -0.25) is 0 Å². The molecule has 0 saturated heterocycles. The molecular formula is C17H16O. The number of hydrogen-bond acceptors (Lipinski definition) is 1. The lowest BCUT2D eigenvalue weighted by Gasteiger charge is -2.11. The molecule has 0 spiro atoms. The Morgan fingerprint density at radius 1 is 1.00 bits per heavy atom. The van der Waals surface area contributed by atoms with Gasteiger partial charge in [0, 0.05) is 5.56 Å². The van der Waals surface area contributed by atoms with Gasteiger partial charge in [0.15, 0.2) is 0 Å². The van der Waals surface area contributed by atoms with Gasteiger partial charge in [0.1, 0.15) is 5.75 Å². The molecule has 0 saturated carbocycles. The fourth-order valence-corrected chi connectivity index (χ4v) is 1.78. The van der Waals surface area contributed by atoms with Crippen molar-refractivity contribution in [2.24, 2.45) is 0 Å². The molecule has 0 aliphatic heterocycles. The molecule has 2 aromatic rings. The summed E-state index contributed by atoms with van der Waals surface area (Å²) < 4.78 is 5.69. The zero-order valence-electron chi connectivity index (χ0n) is 10.7. The summed E-state index contributed by atoms with van der Waals surface area (Å²) in [4.78, 5) is 0. The summed E-state index contributed by atoms with van der Waals surface area (Å²) in [5.41, 5.74) is 3.17. The van der Waals surface area contributed by atoms with E-state index in [1.165, 1.54) is 0 Å². The van der Waals surface area contributed by atoms with E-state index in [2.05, 4.69) is 12.0 Å². The minimum absolute atomic E-state index is 0.184. The average molecular weight is 236 g/mol. The lowest BCUT2D eigenvalue weighted by Crippen LogP contribution is -2.05. The highest BCUT2D eigenvalue weighted by molar-refractivity contribution is 5.65. The Hall–Kier alpha value is -2.20. The highest BCUT2D eigenvalue weighted by Gasteiger charge is 2.01. The van der Waals surface area contributed by atoms with Gasteiger partial charge in [0.05, 0.1) is 6.10 Å². The van der Waals surface area contributed by atoms with E-state index in [4.69, 9.17) is 11.2 Å². The van der Waals surface area contributed by atoms with Crippen LogP contribution < -0.4 is 4.74 Å². The van der Waals surface area contributed by atoms with E-state index < -0.39 is 0 Å². The molecule has 2 aromatic carbocycles. The zero-order chi connectivity index (χ0) is 13.0. The first-order valence-electron chi connectivity index (χ1n) is 6.03. The summed E-state index contributed by atoms with van der Waals surface area (Å²) in [6, 6.07) is 16.0. The van der Waals surface area contributed by atoms with Crippen molar-refractivity contribution in [1.82, 2.24) is 0 Å². The van der Waals surface area contributed by atoms with Crippen LogP contribution in [0.15, 0.2) is 48.5 Å². The fourth-order valence-electron chi connectivity index (χ4n) is 1.78. The monoisotopic (exact) mass is 236 g/mol. The topological polar surface area (TPSA) is 9.23 Å². The van der Waals surface area contributed by atoms with Crippen molar-refractivity contribution in [2.45, 2.75) is 20.0 Å². The molecule has 0 unspecified atom stereocenters. The van der Waals surface area contributed by atoms with Crippen LogP contribution in [0.5, 0.6) is 5.75 Å². The van der Waals surface area contributed by atoms with Crippen LogP contribution in [0.25, 0.3) is 11.1 Å². The Bertz CT molecular complexity index is 559. The summed E-state index contributed by atoms with van der Waals surface area (Å²) in [6.07, 6.45) is 5.53. The molecule has 0 heterocycles. The van der Waals surface area contributed by atoms with Gasteiger partial charge in [-0.05, 0) is 49.2 Å². The molecule has 0 amide bonds. The minimum atomic E-state index is 0.184. The van der Waals surface area contributed by atoms with Crippen LogP contribution >= 0.6 is 0 Å². The highest BCUT2D eigenvalue weighted by atomic mass is 16.5. The lowest BCUT2D eigenvalue weighted by molar-refractivity contribution is 0.242. The van der Waals surface area contributed by atoms with E-state index >= 15 is 0 Å². The molecule has 90 valence electrons. The molecule has 0 bridgehead atoms. The molecule has 0 N–H and O–H groups in total. The average Bonchev–Trinajstić information content (AvgIpc) is 2.38. The Morgan fingerprint density at radius 3 is 2.33 bits per heavy atom. The van der Waals surface area contributed by atoms with Gasteiger partial charge >= 0.3 is 0 Å². The first kappa shape index (κ1) is 12.3. The lowest BCUT2D eigenvalue weighted by atomic mass is 10.0. The predicted octanol–water partition coefficient (Wildman–Crippen LogP) is 4.12. The van der Waals surface area contributed by atoms with Crippen LogP contribution in [0.2, 0.25) is 0 Å². The van der Waals surface area contributed by atoms with E-state index in [-0.39, 0.29) is 6.10 Å². The quantitative estimate of drug-likeness (QED) is 0.728. The molecule has 0 fully saturated rings. The Kier molecular flexibility index (Phi) is 3.69. The Morgan fingerprint density at radius 2 is 1.72 bits per heavy atom. The number of ether oxygens (including phenoxy) is 1. The molecule has 0 aromatic heterocycles. The van der Waals surface area contributed by atoms with E-state index in [0.29, 0.717) is 0 Å². The summed E-state index contributed by atoms with van der Waals surface area (Å²) in [5, 5.41) is 0. The van der Waals surface area contributed by atoms with Crippen LogP contribution in [0, 0.1) is 12.3 Å². The molecule has 0 aliphatic rings. The Labute approximate surface area is 108 Å². The van der Waals surface area contributed by atoms with E-state index in [1.807, 2.05) is 56.3 Å². The minimum Gasteiger partial charge on any atom is -0.491 e. The van der Waals surface area contributed by atoms with Gasteiger partial charge in [0.2, 0.25) is 0 Å². The third-order valence-electron chi connectivity index (χ3n) is 2.59. The zero-order valence-corrected chi connectivity index (χ0v) is 10.7. The third-order valence-corrected chi connectivity index (χ3v) is 2.59. The van der Waals surface area contributed by atoms with Crippen molar-refractivity contribution < 1.29 is 4.74 Å². The van der Waals surface area contributed by atoms with Crippen molar-refractivity contribution in [3.63, 3.8) is 0 Å².